The molecule has 0 amide bonds. The van der Waals surface area contributed by atoms with Crippen LogP contribution in [-0.2, 0) is 11.2 Å². The van der Waals surface area contributed by atoms with Gasteiger partial charge in [0.15, 0.2) is 5.82 Å². The summed E-state index contributed by atoms with van der Waals surface area (Å²) in [7, 11) is 0. The fourth-order valence-electron chi connectivity index (χ4n) is 1.86. The smallest absolute Gasteiger partial charge is 0.303 e. The molecule has 1 N–H and O–H groups in total. The minimum atomic E-state index is -0.822. The van der Waals surface area contributed by atoms with Gasteiger partial charge in [-0.1, -0.05) is 0 Å². The fourth-order valence-corrected chi connectivity index (χ4v) is 1.86. The Bertz CT molecular complexity index is 576. The van der Waals surface area contributed by atoms with E-state index >= 15 is 0 Å². The Morgan fingerprint density at radius 3 is 2.42 bits per heavy atom. The highest BCUT2D eigenvalue weighted by Crippen LogP contribution is 2.17. The Balaban J connectivity index is 2.34. The molecule has 0 saturated heterocycles. The summed E-state index contributed by atoms with van der Waals surface area (Å²) < 4.78 is 0. The molecule has 2 heterocycles. The first-order valence-corrected chi connectivity index (χ1v) is 5.90. The molecule has 0 aromatic carbocycles. The van der Waals surface area contributed by atoms with E-state index in [0.717, 1.165) is 17.0 Å². The van der Waals surface area contributed by atoms with Crippen molar-refractivity contribution in [1.82, 2.24) is 19.9 Å². The van der Waals surface area contributed by atoms with Crippen LogP contribution in [0.4, 0.5) is 0 Å². The van der Waals surface area contributed by atoms with E-state index in [1.54, 1.807) is 18.6 Å². The van der Waals surface area contributed by atoms with Gasteiger partial charge in [0.05, 0.1) is 6.20 Å². The van der Waals surface area contributed by atoms with Crippen LogP contribution in [0.2, 0.25) is 0 Å². The molecule has 19 heavy (non-hydrogen) atoms. The largest absolute Gasteiger partial charge is 0.481 e. The first kappa shape index (κ1) is 13.1. The number of carbonyl (C=O) groups is 1. The van der Waals surface area contributed by atoms with E-state index in [4.69, 9.17) is 5.11 Å². The van der Waals surface area contributed by atoms with Gasteiger partial charge in [0.25, 0.3) is 0 Å². The molecule has 0 spiro atoms. The topological polar surface area (TPSA) is 88.9 Å². The summed E-state index contributed by atoms with van der Waals surface area (Å²) in [6, 6.07) is 0. The van der Waals surface area contributed by atoms with Crippen LogP contribution in [0.5, 0.6) is 0 Å². The molecular formula is C13H14N4O2. The summed E-state index contributed by atoms with van der Waals surface area (Å²) in [4.78, 5) is 27.5. The van der Waals surface area contributed by atoms with E-state index < -0.39 is 5.97 Å². The second-order valence-electron chi connectivity index (χ2n) is 4.18. The van der Waals surface area contributed by atoms with E-state index in [2.05, 4.69) is 19.9 Å². The van der Waals surface area contributed by atoms with Crippen LogP contribution in [0.15, 0.2) is 18.6 Å². The van der Waals surface area contributed by atoms with Crippen molar-refractivity contribution in [2.24, 2.45) is 0 Å². The maximum atomic E-state index is 10.6. The Labute approximate surface area is 110 Å². The van der Waals surface area contributed by atoms with E-state index in [9.17, 15) is 4.79 Å². The van der Waals surface area contributed by atoms with E-state index in [1.807, 2.05) is 13.8 Å². The minimum absolute atomic E-state index is 0.0789. The van der Waals surface area contributed by atoms with Crippen molar-refractivity contribution in [2.45, 2.75) is 26.7 Å². The van der Waals surface area contributed by atoms with Crippen LogP contribution in [0.25, 0.3) is 11.5 Å². The lowest BCUT2D eigenvalue weighted by atomic mass is 10.1. The zero-order valence-corrected chi connectivity index (χ0v) is 10.8. The molecule has 98 valence electrons. The van der Waals surface area contributed by atoms with Gasteiger partial charge in [-0.15, -0.1) is 0 Å². The van der Waals surface area contributed by atoms with Gasteiger partial charge in [-0.3, -0.25) is 9.78 Å². The second kappa shape index (κ2) is 5.51. The highest BCUT2D eigenvalue weighted by molar-refractivity contribution is 5.67. The summed E-state index contributed by atoms with van der Waals surface area (Å²) in [6.07, 6.45) is 5.29. The quantitative estimate of drug-likeness (QED) is 0.895. The number of rotatable bonds is 4. The predicted octanol–water partition coefficient (Wildman–Crippen LogP) is 1.57. The van der Waals surface area contributed by atoms with Gasteiger partial charge in [0.2, 0.25) is 0 Å². The van der Waals surface area contributed by atoms with E-state index in [-0.39, 0.29) is 6.42 Å². The van der Waals surface area contributed by atoms with Crippen LogP contribution in [0.3, 0.4) is 0 Å². The summed E-state index contributed by atoms with van der Waals surface area (Å²) in [5, 5.41) is 8.73. The number of carboxylic acids is 1. The standard InChI is InChI=1S/C13H14N4O2/c1-8-10(3-4-12(18)19)9(2)17-13(16-8)11-7-14-5-6-15-11/h5-7H,3-4H2,1-2H3,(H,18,19). The van der Waals surface area contributed by atoms with Crippen molar-refractivity contribution in [3.63, 3.8) is 0 Å². The Hall–Kier alpha value is -2.37. The number of carboxylic acid groups (broad SMARTS) is 1. The Morgan fingerprint density at radius 2 is 1.89 bits per heavy atom. The molecule has 0 aliphatic heterocycles. The average Bonchev–Trinajstić information content (AvgIpc) is 2.38. The third kappa shape index (κ3) is 3.09. The monoisotopic (exact) mass is 258 g/mol. The van der Waals surface area contributed by atoms with Crippen LogP contribution in [-0.4, -0.2) is 31.0 Å². The van der Waals surface area contributed by atoms with Crippen molar-refractivity contribution in [3.8, 4) is 11.5 Å². The molecule has 0 saturated carbocycles. The van der Waals surface area contributed by atoms with Crippen molar-refractivity contribution < 1.29 is 9.90 Å². The Morgan fingerprint density at radius 1 is 1.21 bits per heavy atom. The molecule has 0 aliphatic rings. The first-order valence-electron chi connectivity index (χ1n) is 5.90. The molecule has 6 nitrogen and oxygen atoms in total. The highest BCUT2D eigenvalue weighted by atomic mass is 16.4. The van der Waals surface area contributed by atoms with Crippen molar-refractivity contribution in [2.75, 3.05) is 0 Å². The number of nitrogens with zero attached hydrogens (tertiary/aromatic N) is 4. The van der Waals surface area contributed by atoms with Crippen molar-refractivity contribution in [3.05, 3.63) is 35.5 Å². The molecule has 6 heteroatoms. The number of hydrogen-bond donors (Lipinski definition) is 1. The van der Waals surface area contributed by atoms with Gasteiger partial charge in [-0.2, -0.15) is 0 Å². The van der Waals surface area contributed by atoms with Gasteiger partial charge < -0.3 is 5.11 Å². The van der Waals surface area contributed by atoms with Gasteiger partial charge in [0.1, 0.15) is 5.69 Å². The summed E-state index contributed by atoms with van der Waals surface area (Å²) in [5.41, 5.74) is 3.07. The average molecular weight is 258 g/mol. The fraction of sp³-hybridized carbons (Fsp3) is 0.308. The number of aromatic nitrogens is 4. The number of aryl methyl sites for hydroxylation is 2. The molecule has 0 unspecified atom stereocenters. The zero-order valence-electron chi connectivity index (χ0n) is 10.8. The van der Waals surface area contributed by atoms with E-state index in [0.29, 0.717) is 17.9 Å². The molecule has 2 rings (SSSR count). The molecule has 0 atom stereocenters. The van der Waals surface area contributed by atoms with Crippen molar-refractivity contribution in [1.29, 1.82) is 0 Å². The zero-order chi connectivity index (χ0) is 13.8. The molecule has 0 radical (unpaired) electrons. The third-order valence-corrected chi connectivity index (χ3v) is 2.80. The summed E-state index contributed by atoms with van der Waals surface area (Å²) >= 11 is 0. The predicted molar refractivity (Wildman–Crippen MR) is 68.5 cm³/mol. The summed E-state index contributed by atoms with van der Waals surface area (Å²) in [6.45, 7) is 3.71. The van der Waals surface area contributed by atoms with Gasteiger partial charge >= 0.3 is 5.97 Å². The van der Waals surface area contributed by atoms with Crippen LogP contribution in [0, 0.1) is 13.8 Å². The maximum Gasteiger partial charge on any atom is 0.303 e. The molecule has 0 aliphatic carbocycles. The normalized spacial score (nSPS) is 10.4. The lowest BCUT2D eigenvalue weighted by molar-refractivity contribution is -0.136. The minimum Gasteiger partial charge on any atom is -0.481 e. The first-order chi connectivity index (χ1) is 9.08. The molecule has 0 fully saturated rings. The molecule has 2 aromatic heterocycles. The lowest BCUT2D eigenvalue weighted by Crippen LogP contribution is -2.06. The Kier molecular flexibility index (Phi) is 3.79. The molecule has 0 bridgehead atoms. The SMILES string of the molecule is Cc1nc(-c2cnccn2)nc(C)c1CCC(=O)O. The lowest BCUT2D eigenvalue weighted by Gasteiger charge is -2.09. The van der Waals surface area contributed by atoms with Gasteiger partial charge in [0, 0.05) is 30.2 Å². The third-order valence-electron chi connectivity index (χ3n) is 2.80. The highest BCUT2D eigenvalue weighted by Gasteiger charge is 2.11. The van der Waals surface area contributed by atoms with Crippen LogP contribution < -0.4 is 0 Å². The molecular weight excluding hydrogens is 244 g/mol. The van der Waals surface area contributed by atoms with Crippen LogP contribution in [0.1, 0.15) is 23.4 Å². The van der Waals surface area contributed by atoms with Crippen LogP contribution >= 0.6 is 0 Å². The number of aliphatic carboxylic acids is 1. The maximum absolute atomic E-state index is 10.6. The van der Waals surface area contributed by atoms with Crippen molar-refractivity contribution >= 4 is 5.97 Å². The number of hydrogen-bond acceptors (Lipinski definition) is 5. The van der Waals surface area contributed by atoms with Gasteiger partial charge in [-0.05, 0) is 25.8 Å². The second-order valence-corrected chi connectivity index (χ2v) is 4.18. The van der Waals surface area contributed by atoms with E-state index in [1.165, 1.54) is 0 Å². The molecule has 2 aromatic rings. The summed E-state index contributed by atoms with van der Waals surface area (Å²) in [5.74, 6) is -0.307. The van der Waals surface area contributed by atoms with Gasteiger partial charge in [-0.25, -0.2) is 15.0 Å².